The zero-order chi connectivity index (χ0) is 18.2. The normalized spacial score (nSPS) is 19.7. The molecule has 2 atom stereocenters. The largest absolute Gasteiger partial charge is 0.242 e. The monoisotopic (exact) mass is 373 g/mol. The smallest absolute Gasteiger partial charge is 0.160 e. The summed E-state index contributed by atoms with van der Waals surface area (Å²) >= 11 is 0. The molecule has 24 heavy (non-hydrogen) atoms. The second kappa shape index (κ2) is 6.80. The third kappa shape index (κ3) is 4.61. The van der Waals surface area contributed by atoms with Crippen molar-refractivity contribution >= 4 is 20.8 Å². The van der Waals surface area contributed by atoms with Gasteiger partial charge in [-0.05, 0) is 53.0 Å². The maximum absolute atomic E-state index is 12.5. The summed E-state index contributed by atoms with van der Waals surface area (Å²) < 4.78 is 39.6. The lowest BCUT2D eigenvalue weighted by Crippen LogP contribution is -2.46. The Bertz CT molecular complexity index is 724. The Hall–Kier alpha value is -0.860. The van der Waals surface area contributed by atoms with Crippen molar-refractivity contribution in [1.29, 1.82) is 0 Å². The van der Waals surface area contributed by atoms with Crippen molar-refractivity contribution in [3.05, 3.63) is 23.8 Å². The van der Waals surface area contributed by atoms with Gasteiger partial charge in [0.15, 0.2) is 9.84 Å². The van der Waals surface area contributed by atoms with Crippen molar-refractivity contribution in [3.8, 4) is 0 Å². The fourth-order valence-corrected chi connectivity index (χ4v) is 4.72. The van der Waals surface area contributed by atoms with Gasteiger partial charge >= 0.3 is 0 Å². The molecule has 1 aliphatic rings. The van der Waals surface area contributed by atoms with Gasteiger partial charge in [0.2, 0.25) is 0 Å². The molecule has 0 aliphatic heterocycles. The van der Waals surface area contributed by atoms with Crippen LogP contribution >= 0.6 is 0 Å². The Balaban J connectivity index is 2.25. The lowest BCUT2D eigenvalue weighted by Gasteiger charge is -2.32. The van der Waals surface area contributed by atoms with Gasteiger partial charge in [-0.25, -0.2) is 27.3 Å². The molecule has 0 radical (unpaired) electrons. The Morgan fingerprint density at radius 1 is 1.29 bits per heavy atom. The second-order valence-corrected chi connectivity index (χ2v) is 11.8. The van der Waals surface area contributed by atoms with Gasteiger partial charge < -0.3 is 0 Å². The average Bonchev–Trinajstić information content (AvgIpc) is 3.31. The van der Waals surface area contributed by atoms with E-state index in [9.17, 15) is 12.6 Å². The maximum Gasteiger partial charge on any atom is 0.160 e. The average molecular weight is 374 g/mol. The van der Waals surface area contributed by atoms with Gasteiger partial charge in [-0.1, -0.05) is 6.92 Å². The van der Waals surface area contributed by atoms with Crippen LogP contribution in [0.15, 0.2) is 12.3 Å². The first-order valence-electron chi connectivity index (χ1n) is 8.21. The summed E-state index contributed by atoms with van der Waals surface area (Å²) in [7, 11) is -4.42. The van der Waals surface area contributed by atoms with Crippen molar-refractivity contribution in [2.45, 2.75) is 75.2 Å². The standard InChI is InChI=1S/C16H27N3O3S2/c1-6-16(5,19-23(20)15(2,3)4)13-9-10-17-14(18-13)11-24(21,22)12-7-8-12/h9-10,12,19H,6-8,11H2,1-5H3. The molecule has 2 unspecified atom stereocenters. The van der Waals surface area contributed by atoms with Crippen LogP contribution in [0.25, 0.3) is 0 Å². The van der Waals surface area contributed by atoms with Gasteiger partial charge in [-0.15, -0.1) is 0 Å². The molecule has 0 aromatic carbocycles. The second-order valence-electron chi connectivity index (χ2n) is 7.53. The van der Waals surface area contributed by atoms with Crippen molar-refractivity contribution in [2.24, 2.45) is 0 Å². The lowest BCUT2D eigenvalue weighted by molar-refractivity contribution is 0.411. The minimum Gasteiger partial charge on any atom is -0.242 e. The highest BCUT2D eigenvalue weighted by Gasteiger charge is 2.37. The van der Waals surface area contributed by atoms with E-state index < -0.39 is 31.1 Å². The molecule has 8 heteroatoms. The molecule has 0 spiro atoms. The van der Waals surface area contributed by atoms with Gasteiger partial charge in [0.05, 0.1) is 32.2 Å². The first kappa shape index (κ1) is 19.5. The van der Waals surface area contributed by atoms with E-state index in [-0.39, 0.29) is 11.0 Å². The van der Waals surface area contributed by atoms with Crippen LogP contribution < -0.4 is 4.72 Å². The molecular weight excluding hydrogens is 346 g/mol. The molecule has 1 aliphatic carbocycles. The van der Waals surface area contributed by atoms with E-state index in [0.29, 0.717) is 17.9 Å². The van der Waals surface area contributed by atoms with Crippen LogP contribution in [0.3, 0.4) is 0 Å². The summed E-state index contributed by atoms with van der Waals surface area (Å²) in [5, 5.41) is -0.228. The Morgan fingerprint density at radius 2 is 1.92 bits per heavy atom. The molecule has 1 aromatic rings. The molecule has 1 N–H and O–H groups in total. The molecule has 2 rings (SSSR count). The molecule has 136 valence electrons. The highest BCUT2D eigenvalue weighted by molar-refractivity contribution is 7.91. The van der Waals surface area contributed by atoms with E-state index >= 15 is 0 Å². The molecule has 1 aromatic heterocycles. The number of aromatic nitrogens is 2. The molecular formula is C16H27N3O3S2. The summed E-state index contributed by atoms with van der Waals surface area (Å²) in [4.78, 5) is 8.58. The number of hydrogen-bond donors (Lipinski definition) is 1. The van der Waals surface area contributed by atoms with Crippen LogP contribution in [0.1, 0.15) is 65.4 Å². The zero-order valence-corrected chi connectivity index (χ0v) is 16.6. The molecule has 0 bridgehead atoms. The fourth-order valence-electron chi connectivity index (χ4n) is 2.16. The Labute approximate surface area is 147 Å². The number of nitrogens with zero attached hydrogens (tertiary/aromatic N) is 2. The lowest BCUT2D eigenvalue weighted by atomic mass is 9.96. The predicted octanol–water partition coefficient (Wildman–Crippen LogP) is 2.23. The predicted molar refractivity (Wildman–Crippen MR) is 96.4 cm³/mol. The van der Waals surface area contributed by atoms with Crippen LogP contribution in [-0.4, -0.2) is 32.6 Å². The Kier molecular flexibility index (Phi) is 5.52. The summed E-state index contributed by atoms with van der Waals surface area (Å²) in [6.45, 7) is 9.62. The first-order valence-corrected chi connectivity index (χ1v) is 11.1. The van der Waals surface area contributed by atoms with E-state index in [0.717, 1.165) is 12.8 Å². The van der Waals surface area contributed by atoms with Gasteiger partial charge in [-0.3, -0.25) is 0 Å². The summed E-state index contributed by atoms with van der Waals surface area (Å²) in [5.74, 6) is 0.177. The highest BCUT2D eigenvalue weighted by Crippen LogP contribution is 2.31. The van der Waals surface area contributed by atoms with Crippen LogP contribution in [0, 0.1) is 0 Å². The van der Waals surface area contributed by atoms with Gasteiger partial charge in [0.25, 0.3) is 0 Å². The minimum absolute atomic E-state index is 0.131. The SMILES string of the molecule is CCC(C)(NS(=O)C(C)(C)C)c1ccnc(CS(=O)(=O)C2CC2)n1. The molecule has 1 fully saturated rings. The number of hydrogen-bond acceptors (Lipinski definition) is 5. The third-order valence-corrected chi connectivity index (χ3v) is 8.11. The van der Waals surface area contributed by atoms with Crippen molar-refractivity contribution < 1.29 is 12.6 Å². The summed E-state index contributed by atoms with van der Waals surface area (Å²) in [5.41, 5.74) is 0.0534. The van der Waals surface area contributed by atoms with Gasteiger partial charge in [0.1, 0.15) is 11.6 Å². The van der Waals surface area contributed by atoms with Crippen molar-refractivity contribution in [2.75, 3.05) is 0 Å². The molecule has 1 saturated carbocycles. The van der Waals surface area contributed by atoms with Crippen molar-refractivity contribution in [3.63, 3.8) is 0 Å². The maximum atomic E-state index is 12.5. The summed E-state index contributed by atoms with van der Waals surface area (Å²) in [6.07, 6.45) is 3.72. The fraction of sp³-hybridized carbons (Fsp3) is 0.750. The molecule has 1 heterocycles. The van der Waals surface area contributed by atoms with Gasteiger partial charge in [-0.2, -0.15) is 0 Å². The van der Waals surface area contributed by atoms with E-state index in [4.69, 9.17) is 0 Å². The summed E-state index contributed by atoms with van der Waals surface area (Å²) in [6, 6.07) is 1.75. The van der Waals surface area contributed by atoms with Crippen LogP contribution in [0.2, 0.25) is 0 Å². The zero-order valence-electron chi connectivity index (χ0n) is 15.0. The quantitative estimate of drug-likeness (QED) is 0.792. The van der Waals surface area contributed by atoms with Crippen LogP contribution in [0.4, 0.5) is 0 Å². The highest BCUT2D eigenvalue weighted by atomic mass is 32.2. The van der Waals surface area contributed by atoms with E-state index in [2.05, 4.69) is 14.7 Å². The van der Waals surface area contributed by atoms with Gasteiger partial charge in [0, 0.05) is 6.20 Å². The molecule has 0 saturated heterocycles. The van der Waals surface area contributed by atoms with E-state index in [1.54, 1.807) is 12.3 Å². The Morgan fingerprint density at radius 3 is 2.42 bits per heavy atom. The number of rotatable bonds is 7. The van der Waals surface area contributed by atoms with Crippen molar-refractivity contribution in [1.82, 2.24) is 14.7 Å². The topological polar surface area (TPSA) is 89.0 Å². The number of nitrogens with one attached hydrogen (secondary N) is 1. The first-order chi connectivity index (χ1) is 11.0. The van der Waals surface area contributed by atoms with Crippen LogP contribution in [-0.2, 0) is 32.1 Å². The molecule has 6 nitrogen and oxygen atoms in total. The van der Waals surface area contributed by atoms with E-state index in [1.165, 1.54) is 0 Å². The molecule has 0 amide bonds. The van der Waals surface area contributed by atoms with Crippen LogP contribution in [0.5, 0.6) is 0 Å². The van der Waals surface area contributed by atoms with E-state index in [1.807, 2.05) is 34.6 Å². The number of sulfone groups is 1. The third-order valence-electron chi connectivity index (χ3n) is 4.21. The minimum atomic E-state index is -3.16.